The standard InChI is InChI=1S/C16H16.FH/c1-2-5-13(6-3-1)15-9-11-16(12-10-15)14-7-4-8-14;/h1-3,5-6,9-12,14H,4,7-8H2;1H. The second kappa shape index (κ2) is 5.13. The predicted octanol–water partition coefficient (Wildman–Crippen LogP) is 4.77. The lowest BCUT2D eigenvalue weighted by Crippen LogP contribution is -2.08. The van der Waals surface area contributed by atoms with Crippen molar-refractivity contribution in [3.63, 3.8) is 0 Å². The van der Waals surface area contributed by atoms with Gasteiger partial charge in [-0.3, -0.25) is 4.70 Å². The highest BCUT2D eigenvalue weighted by atomic mass is 19.0. The molecular formula is C16H17F. The molecule has 0 aliphatic heterocycles. The van der Waals surface area contributed by atoms with Crippen LogP contribution in [0, 0.1) is 0 Å². The normalized spacial score (nSPS) is 14.8. The summed E-state index contributed by atoms with van der Waals surface area (Å²) in [5.41, 5.74) is 4.15. The van der Waals surface area contributed by atoms with E-state index < -0.39 is 0 Å². The molecule has 0 radical (unpaired) electrons. The van der Waals surface area contributed by atoms with Crippen molar-refractivity contribution in [1.29, 1.82) is 0 Å². The summed E-state index contributed by atoms with van der Waals surface area (Å²) < 4.78 is 0. The molecule has 0 saturated heterocycles. The molecule has 0 nitrogen and oxygen atoms in total. The molecule has 2 aromatic carbocycles. The molecule has 0 spiro atoms. The summed E-state index contributed by atoms with van der Waals surface area (Å²) in [6, 6.07) is 19.7. The molecule has 0 atom stereocenters. The Kier molecular flexibility index (Phi) is 3.58. The highest BCUT2D eigenvalue weighted by Gasteiger charge is 2.18. The van der Waals surface area contributed by atoms with Crippen LogP contribution in [-0.2, 0) is 0 Å². The van der Waals surface area contributed by atoms with Crippen LogP contribution < -0.4 is 0 Å². The van der Waals surface area contributed by atoms with Crippen LogP contribution in [0.15, 0.2) is 54.6 Å². The molecule has 1 aliphatic rings. The van der Waals surface area contributed by atoms with Crippen LogP contribution in [0.2, 0.25) is 0 Å². The third kappa shape index (κ3) is 2.38. The zero-order chi connectivity index (χ0) is 10.8. The molecule has 1 heteroatoms. The quantitative estimate of drug-likeness (QED) is 0.694. The molecule has 3 rings (SSSR count). The minimum atomic E-state index is 0. The van der Waals surface area contributed by atoms with Crippen molar-refractivity contribution in [1.82, 2.24) is 0 Å². The van der Waals surface area contributed by atoms with Crippen LogP contribution in [-0.4, -0.2) is 0 Å². The topological polar surface area (TPSA) is 0 Å². The zero-order valence-electron chi connectivity index (χ0n) is 9.80. The van der Waals surface area contributed by atoms with Gasteiger partial charge in [-0.05, 0) is 35.4 Å². The van der Waals surface area contributed by atoms with Gasteiger partial charge in [0.2, 0.25) is 0 Å². The molecule has 2 aromatic rings. The maximum atomic E-state index is 2.30. The van der Waals surface area contributed by atoms with Gasteiger partial charge in [0.25, 0.3) is 0 Å². The maximum absolute atomic E-state index is 2.30. The molecule has 0 unspecified atom stereocenters. The summed E-state index contributed by atoms with van der Waals surface area (Å²) in [5, 5.41) is 0. The molecule has 0 heterocycles. The third-order valence-electron chi connectivity index (χ3n) is 3.59. The fourth-order valence-corrected chi connectivity index (χ4v) is 2.32. The smallest absolute Gasteiger partial charge is 0.0162 e. The summed E-state index contributed by atoms with van der Waals surface area (Å²) in [7, 11) is 0. The number of hydrogen-bond acceptors (Lipinski definition) is 0. The Hall–Kier alpha value is -1.63. The van der Waals surface area contributed by atoms with Gasteiger partial charge in [-0.25, -0.2) is 0 Å². The number of hydrogen-bond donors (Lipinski definition) is 0. The molecular weight excluding hydrogens is 211 g/mol. The van der Waals surface area contributed by atoms with E-state index in [1.165, 1.54) is 36.0 Å². The molecule has 1 aliphatic carbocycles. The molecule has 0 N–H and O–H groups in total. The minimum Gasteiger partial charge on any atom is -0.269 e. The van der Waals surface area contributed by atoms with E-state index in [1.54, 1.807) is 0 Å². The lowest BCUT2D eigenvalue weighted by molar-refractivity contribution is 0.420. The Labute approximate surface area is 102 Å². The van der Waals surface area contributed by atoms with Gasteiger partial charge in [-0.15, -0.1) is 0 Å². The highest BCUT2D eigenvalue weighted by Crippen LogP contribution is 2.36. The molecule has 0 aromatic heterocycles. The van der Waals surface area contributed by atoms with Gasteiger partial charge >= 0.3 is 0 Å². The van der Waals surface area contributed by atoms with E-state index in [-0.39, 0.29) is 4.70 Å². The average molecular weight is 228 g/mol. The maximum Gasteiger partial charge on any atom is -0.0162 e. The van der Waals surface area contributed by atoms with Gasteiger partial charge in [-0.2, -0.15) is 0 Å². The largest absolute Gasteiger partial charge is 0.269 e. The van der Waals surface area contributed by atoms with Crippen molar-refractivity contribution in [2.75, 3.05) is 0 Å². The molecule has 0 amide bonds. The summed E-state index contributed by atoms with van der Waals surface area (Å²) >= 11 is 0. The lowest BCUT2D eigenvalue weighted by Gasteiger charge is -2.25. The Morgan fingerprint density at radius 1 is 0.706 bits per heavy atom. The third-order valence-corrected chi connectivity index (χ3v) is 3.59. The van der Waals surface area contributed by atoms with E-state index in [9.17, 15) is 0 Å². The molecule has 1 fully saturated rings. The predicted molar refractivity (Wildman–Crippen MR) is 71.0 cm³/mol. The number of rotatable bonds is 2. The first-order chi connectivity index (χ1) is 7.93. The van der Waals surface area contributed by atoms with Crippen LogP contribution in [0.3, 0.4) is 0 Å². The van der Waals surface area contributed by atoms with E-state index in [0.29, 0.717) is 0 Å². The minimum absolute atomic E-state index is 0. The fraction of sp³-hybridized carbons (Fsp3) is 0.250. The van der Waals surface area contributed by atoms with Crippen LogP contribution in [0.1, 0.15) is 30.7 Å². The first kappa shape index (κ1) is 11.8. The first-order valence-electron chi connectivity index (χ1n) is 6.09. The van der Waals surface area contributed by atoms with Crippen molar-refractivity contribution in [3.05, 3.63) is 60.2 Å². The Morgan fingerprint density at radius 2 is 1.29 bits per heavy atom. The van der Waals surface area contributed by atoms with Gasteiger partial charge in [0.1, 0.15) is 0 Å². The molecule has 17 heavy (non-hydrogen) atoms. The van der Waals surface area contributed by atoms with Crippen molar-refractivity contribution >= 4 is 0 Å². The second-order valence-electron chi connectivity index (χ2n) is 4.62. The van der Waals surface area contributed by atoms with Gasteiger partial charge in [0, 0.05) is 0 Å². The van der Waals surface area contributed by atoms with Crippen molar-refractivity contribution < 1.29 is 4.70 Å². The Balaban J connectivity index is 0.00000108. The molecule has 1 saturated carbocycles. The lowest BCUT2D eigenvalue weighted by atomic mass is 9.80. The van der Waals surface area contributed by atoms with E-state index in [2.05, 4.69) is 54.6 Å². The SMILES string of the molecule is F.c1ccc(-c2ccc(C3CCC3)cc2)cc1. The summed E-state index contributed by atoms with van der Waals surface area (Å²) in [5.74, 6) is 0.838. The monoisotopic (exact) mass is 228 g/mol. The Morgan fingerprint density at radius 3 is 1.82 bits per heavy atom. The highest BCUT2D eigenvalue weighted by molar-refractivity contribution is 5.63. The van der Waals surface area contributed by atoms with Crippen molar-refractivity contribution in [3.8, 4) is 11.1 Å². The Bertz CT molecular complexity index is 455. The number of benzene rings is 2. The fourth-order valence-electron chi connectivity index (χ4n) is 2.32. The van der Waals surface area contributed by atoms with Crippen molar-refractivity contribution in [2.24, 2.45) is 0 Å². The molecule has 88 valence electrons. The average Bonchev–Trinajstić information content (AvgIpc) is 2.29. The van der Waals surface area contributed by atoms with Crippen LogP contribution in [0.25, 0.3) is 11.1 Å². The second-order valence-corrected chi connectivity index (χ2v) is 4.62. The summed E-state index contributed by atoms with van der Waals surface area (Å²) in [6.45, 7) is 0. The van der Waals surface area contributed by atoms with Crippen LogP contribution in [0.5, 0.6) is 0 Å². The van der Waals surface area contributed by atoms with Gasteiger partial charge in [0.05, 0.1) is 0 Å². The van der Waals surface area contributed by atoms with E-state index in [4.69, 9.17) is 0 Å². The first-order valence-corrected chi connectivity index (χ1v) is 6.09. The van der Waals surface area contributed by atoms with Gasteiger partial charge < -0.3 is 0 Å². The molecule has 0 bridgehead atoms. The number of halogens is 1. The summed E-state index contributed by atoms with van der Waals surface area (Å²) in [6.07, 6.45) is 4.17. The van der Waals surface area contributed by atoms with Gasteiger partial charge in [-0.1, -0.05) is 61.0 Å². The van der Waals surface area contributed by atoms with E-state index >= 15 is 0 Å². The van der Waals surface area contributed by atoms with E-state index in [0.717, 1.165) is 5.92 Å². The van der Waals surface area contributed by atoms with Crippen molar-refractivity contribution in [2.45, 2.75) is 25.2 Å². The van der Waals surface area contributed by atoms with Gasteiger partial charge in [0.15, 0.2) is 0 Å². The van der Waals surface area contributed by atoms with Crippen LogP contribution >= 0.6 is 0 Å². The summed E-state index contributed by atoms with van der Waals surface area (Å²) in [4.78, 5) is 0. The van der Waals surface area contributed by atoms with E-state index in [1.807, 2.05) is 0 Å². The van der Waals surface area contributed by atoms with Crippen LogP contribution in [0.4, 0.5) is 4.70 Å². The zero-order valence-corrected chi connectivity index (χ0v) is 9.80.